The lowest BCUT2D eigenvalue weighted by Crippen LogP contribution is -2.36. The number of aromatic nitrogens is 2. The second-order valence-electron chi connectivity index (χ2n) is 5.88. The minimum absolute atomic E-state index is 0.380. The molecule has 2 aliphatic rings. The third-order valence-corrected chi connectivity index (χ3v) is 5.50. The maximum Gasteiger partial charge on any atom is 0.328 e. The van der Waals surface area contributed by atoms with Crippen LogP contribution in [-0.4, -0.2) is 18.0 Å². The molecule has 0 saturated heterocycles. The van der Waals surface area contributed by atoms with Gasteiger partial charge in [0.25, 0.3) is 5.56 Å². The molecule has 1 aromatic rings. The van der Waals surface area contributed by atoms with Gasteiger partial charge in [0.1, 0.15) is 0 Å². The Morgan fingerprint density at radius 2 is 2.05 bits per heavy atom. The first kappa shape index (κ1) is 13.6. The number of hydrogen-bond donors (Lipinski definition) is 2. The van der Waals surface area contributed by atoms with Crippen LogP contribution >= 0.6 is 0 Å². The predicted octanol–water partition coefficient (Wildman–Crippen LogP) is -0.380. The van der Waals surface area contributed by atoms with Crippen LogP contribution < -0.4 is 16.4 Å². The third kappa shape index (κ3) is 2.33. The fourth-order valence-corrected chi connectivity index (χ4v) is 4.26. The Balaban J connectivity index is 1.94. The van der Waals surface area contributed by atoms with Gasteiger partial charge in [0.2, 0.25) is 10.0 Å². The van der Waals surface area contributed by atoms with Gasteiger partial charge >= 0.3 is 5.69 Å². The number of aromatic amines is 1. The number of sulfonamides is 1. The van der Waals surface area contributed by atoms with Crippen LogP contribution in [0, 0.1) is 17.8 Å². The average Bonchev–Trinajstić information content (AvgIpc) is 2.93. The Kier molecular flexibility index (Phi) is 3.09. The summed E-state index contributed by atoms with van der Waals surface area (Å²) in [6, 6.07) is 0. The van der Waals surface area contributed by atoms with E-state index in [9.17, 15) is 18.0 Å². The van der Waals surface area contributed by atoms with Crippen molar-refractivity contribution in [2.75, 3.05) is 0 Å². The standard InChI is InChI=1S/C12H17N3O4S/c13-20(18,19)10-6-15(12(17)14-11(10)16)5-9-4-7-1-2-8(9)3-7/h6-9H,1-5H2,(H2,13,18,19)(H,14,16,17). The molecular formula is C12H17N3O4S. The molecule has 20 heavy (non-hydrogen) atoms. The van der Waals surface area contributed by atoms with Gasteiger partial charge in [-0.25, -0.2) is 18.4 Å². The Morgan fingerprint density at radius 3 is 2.60 bits per heavy atom. The zero-order valence-electron chi connectivity index (χ0n) is 10.9. The topological polar surface area (TPSA) is 115 Å². The third-order valence-electron chi connectivity index (χ3n) is 4.60. The number of nitrogens with one attached hydrogen (secondary N) is 1. The number of primary sulfonamides is 1. The Morgan fingerprint density at radius 1 is 1.30 bits per heavy atom. The van der Waals surface area contributed by atoms with Crippen molar-refractivity contribution in [3.05, 3.63) is 27.0 Å². The molecule has 0 aromatic carbocycles. The van der Waals surface area contributed by atoms with Crippen LogP contribution in [0.15, 0.2) is 20.7 Å². The van der Waals surface area contributed by atoms with E-state index >= 15 is 0 Å². The van der Waals surface area contributed by atoms with E-state index in [1.807, 2.05) is 4.98 Å². The molecular weight excluding hydrogens is 282 g/mol. The van der Waals surface area contributed by atoms with Gasteiger partial charge in [-0.15, -0.1) is 0 Å². The predicted molar refractivity (Wildman–Crippen MR) is 71.6 cm³/mol. The van der Waals surface area contributed by atoms with Gasteiger partial charge in [0, 0.05) is 12.7 Å². The van der Waals surface area contributed by atoms with Crippen LogP contribution in [0.3, 0.4) is 0 Å². The molecule has 3 unspecified atom stereocenters. The van der Waals surface area contributed by atoms with E-state index in [1.54, 1.807) is 0 Å². The first-order valence-corrected chi connectivity index (χ1v) is 8.26. The van der Waals surface area contributed by atoms with Crippen LogP contribution in [0.5, 0.6) is 0 Å². The summed E-state index contributed by atoms with van der Waals surface area (Å²) in [6.45, 7) is 0.444. The molecule has 3 N–H and O–H groups in total. The van der Waals surface area contributed by atoms with E-state index in [2.05, 4.69) is 0 Å². The van der Waals surface area contributed by atoms with Crippen LogP contribution in [0.1, 0.15) is 25.7 Å². The quantitative estimate of drug-likeness (QED) is 0.791. The average molecular weight is 299 g/mol. The molecule has 2 aliphatic carbocycles. The first-order valence-electron chi connectivity index (χ1n) is 6.71. The highest BCUT2D eigenvalue weighted by Gasteiger charge is 2.39. The number of nitrogens with two attached hydrogens (primary N) is 1. The number of fused-ring (bicyclic) bond motifs is 2. The summed E-state index contributed by atoms with van der Waals surface area (Å²) in [7, 11) is -4.12. The normalized spacial score (nSPS) is 28.9. The van der Waals surface area contributed by atoms with Crippen molar-refractivity contribution in [1.29, 1.82) is 0 Å². The van der Waals surface area contributed by atoms with Crippen LogP contribution in [0.4, 0.5) is 0 Å². The van der Waals surface area contributed by atoms with Crippen LogP contribution in [-0.2, 0) is 16.6 Å². The Hall–Kier alpha value is -1.41. The van der Waals surface area contributed by atoms with Crippen molar-refractivity contribution in [3.63, 3.8) is 0 Å². The maximum absolute atomic E-state index is 11.8. The molecule has 1 aromatic heterocycles. The summed E-state index contributed by atoms with van der Waals surface area (Å²) in [6.07, 6.45) is 5.77. The molecule has 0 radical (unpaired) electrons. The SMILES string of the molecule is NS(=O)(=O)c1cn(CC2CC3CCC2C3)c(=O)[nH]c1=O. The van der Waals surface area contributed by atoms with Crippen molar-refractivity contribution in [3.8, 4) is 0 Å². The molecule has 7 nitrogen and oxygen atoms in total. The van der Waals surface area contributed by atoms with Gasteiger partial charge in [-0.05, 0) is 37.0 Å². The molecule has 0 aliphatic heterocycles. The van der Waals surface area contributed by atoms with Gasteiger partial charge in [0.05, 0.1) is 0 Å². The summed E-state index contributed by atoms with van der Waals surface area (Å²) >= 11 is 0. The summed E-state index contributed by atoms with van der Waals surface area (Å²) in [5, 5.41) is 4.98. The lowest BCUT2D eigenvalue weighted by Gasteiger charge is -2.22. The largest absolute Gasteiger partial charge is 0.328 e. The van der Waals surface area contributed by atoms with Gasteiger partial charge in [-0.3, -0.25) is 14.3 Å². The smallest absolute Gasteiger partial charge is 0.299 e. The fraction of sp³-hybridized carbons (Fsp3) is 0.667. The van der Waals surface area contributed by atoms with Crippen molar-refractivity contribution >= 4 is 10.0 Å². The summed E-state index contributed by atoms with van der Waals surface area (Å²) in [5.74, 6) is 1.73. The molecule has 110 valence electrons. The Bertz CT molecular complexity index is 749. The molecule has 2 fully saturated rings. The molecule has 0 amide bonds. The highest BCUT2D eigenvalue weighted by atomic mass is 32.2. The minimum atomic E-state index is -4.12. The maximum atomic E-state index is 11.8. The monoisotopic (exact) mass is 299 g/mol. The number of hydrogen-bond acceptors (Lipinski definition) is 4. The first-order chi connectivity index (χ1) is 9.34. The van der Waals surface area contributed by atoms with Crippen LogP contribution in [0.2, 0.25) is 0 Å². The zero-order chi connectivity index (χ0) is 14.5. The lowest BCUT2D eigenvalue weighted by atomic mass is 9.89. The summed E-state index contributed by atoms with van der Waals surface area (Å²) < 4.78 is 23.9. The summed E-state index contributed by atoms with van der Waals surface area (Å²) in [4.78, 5) is 24.7. The van der Waals surface area contributed by atoms with Crippen molar-refractivity contribution in [2.45, 2.75) is 37.1 Å². The van der Waals surface area contributed by atoms with Crippen molar-refractivity contribution in [2.24, 2.45) is 22.9 Å². The lowest BCUT2D eigenvalue weighted by molar-refractivity contribution is 0.290. The molecule has 3 rings (SSSR count). The fourth-order valence-electron chi connectivity index (χ4n) is 3.68. The van der Waals surface area contributed by atoms with E-state index in [1.165, 1.54) is 23.8 Å². The van der Waals surface area contributed by atoms with E-state index < -0.39 is 26.2 Å². The second kappa shape index (κ2) is 4.56. The molecule has 3 atom stereocenters. The number of H-pyrrole nitrogens is 1. The highest BCUT2D eigenvalue weighted by molar-refractivity contribution is 7.89. The van der Waals surface area contributed by atoms with Crippen LogP contribution in [0.25, 0.3) is 0 Å². The van der Waals surface area contributed by atoms with E-state index in [-0.39, 0.29) is 0 Å². The van der Waals surface area contributed by atoms with E-state index in [0.29, 0.717) is 18.4 Å². The second-order valence-corrected chi connectivity index (χ2v) is 7.41. The molecule has 2 saturated carbocycles. The van der Waals surface area contributed by atoms with Gasteiger partial charge in [0.15, 0.2) is 4.90 Å². The van der Waals surface area contributed by atoms with E-state index in [4.69, 9.17) is 5.14 Å². The number of rotatable bonds is 3. The Labute approximate surface area is 115 Å². The van der Waals surface area contributed by atoms with Gasteiger partial charge in [-0.2, -0.15) is 0 Å². The highest BCUT2D eigenvalue weighted by Crippen LogP contribution is 2.48. The zero-order valence-corrected chi connectivity index (χ0v) is 11.7. The molecule has 1 heterocycles. The summed E-state index contributed by atoms with van der Waals surface area (Å²) in [5.41, 5.74) is -1.54. The van der Waals surface area contributed by atoms with Crippen molar-refractivity contribution in [1.82, 2.24) is 9.55 Å². The van der Waals surface area contributed by atoms with Gasteiger partial charge < -0.3 is 0 Å². The minimum Gasteiger partial charge on any atom is -0.299 e. The molecule has 0 spiro atoms. The molecule has 2 bridgehead atoms. The van der Waals surface area contributed by atoms with Gasteiger partial charge in [-0.1, -0.05) is 6.42 Å². The molecule has 8 heteroatoms. The van der Waals surface area contributed by atoms with Crippen molar-refractivity contribution < 1.29 is 8.42 Å². The van der Waals surface area contributed by atoms with E-state index in [0.717, 1.165) is 18.5 Å². The number of nitrogens with zero attached hydrogens (tertiary/aromatic N) is 1.